The second-order valence-electron chi connectivity index (χ2n) is 8.00. The van der Waals surface area contributed by atoms with Crippen molar-refractivity contribution in [1.29, 1.82) is 0 Å². The number of anilines is 2. The number of hydrogen-bond donors (Lipinski definition) is 1. The van der Waals surface area contributed by atoms with Crippen molar-refractivity contribution in [2.24, 2.45) is 0 Å². The van der Waals surface area contributed by atoms with Crippen LogP contribution in [-0.4, -0.2) is 73.2 Å². The van der Waals surface area contributed by atoms with Gasteiger partial charge in [0.2, 0.25) is 0 Å². The van der Waals surface area contributed by atoms with E-state index in [0.717, 1.165) is 17.0 Å². The number of aliphatic hydroxyl groups is 1. The topological polar surface area (TPSA) is 82.6 Å². The van der Waals surface area contributed by atoms with Gasteiger partial charge in [-0.1, -0.05) is 0 Å². The van der Waals surface area contributed by atoms with Crippen LogP contribution < -0.4 is 9.80 Å². The summed E-state index contributed by atoms with van der Waals surface area (Å²) in [4.78, 5) is 28.0. The molecule has 1 unspecified atom stereocenters. The largest absolute Gasteiger partial charge is 0.447 e. The van der Waals surface area contributed by atoms with E-state index >= 15 is 0 Å². The average molecular weight is 413 g/mol. The summed E-state index contributed by atoms with van der Waals surface area (Å²) in [6.45, 7) is 5.87. The number of hydrogen-bond acceptors (Lipinski definition) is 6. The number of carbonyl (C=O) groups is 2. The smallest absolute Gasteiger partial charge is 0.414 e. The molecule has 2 fully saturated rings. The predicted octanol–water partition coefficient (Wildman–Crippen LogP) is 2.34. The van der Waals surface area contributed by atoms with Gasteiger partial charge in [-0.15, -0.1) is 0 Å². The molecule has 0 spiro atoms. The standard InChI is InChI=1S/C19H25F2N3O5/c1-19(2,3)29-17(26)23-6-4-22(5-7-23)16-14(20)8-12(9-15(16)21)24-13(10-25)11-28-18(24)27/h8-9,13,25H,4-7,10-11H2,1-3H3. The van der Waals surface area contributed by atoms with E-state index in [1.807, 2.05) is 0 Å². The van der Waals surface area contributed by atoms with Crippen molar-refractivity contribution in [3.63, 3.8) is 0 Å². The number of cyclic esters (lactones) is 1. The van der Waals surface area contributed by atoms with Crippen LogP contribution >= 0.6 is 0 Å². The molecule has 2 amide bonds. The summed E-state index contributed by atoms with van der Waals surface area (Å²) >= 11 is 0. The van der Waals surface area contributed by atoms with E-state index in [2.05, 4.69) is 0 Å². The van der Waals surface area contributed by atoms with Gasteiger partial charge in [-0.3, -0.25) is 4.90 Å². The van der Waals surface area contributed by atoms with Crippen LogP contribution in [0.1, 0.15) is 20.8 Å². The highest BCUT2D eigenvalue weighted by atomic mass is 19.1. The Bertz CT molecular complexity index is 768. The maximum absolute atomic E-state index is 14.8. The van der Waals surface area contributed by atoms with Gasteiger partial charge in [0.1, 0.15) is 17.9 Å². The first kappa shape index (κ1) is 21.1. The van der Waals surface area contributed by atoms with Crippen LogP contribution in [0.2, 0.25) is 0 Å². The summed E-state index contributed by atoms with van der Waals surface area (Å²) in [6.07, 6.45) is -1.22. The maximum Gasteiger partial charge on any atom is 0.414 e. The fraction of sp³-hybridized carbons (Fsp3) is 0.579. The highest BCUT2D eigenvalue weighted by Gasteiger charge is 2.35. The van der Waals surface area contributed by atoms with Gasteiger partial charge in [-0.2, -0.15) is 0 Å². The van der Waals surface area contributed by atoms with Gasteiger partial charge in [0.05, 0.1) is 18.3 Å². The Morgan fingerprint density at radius 2 is 1.79 bits per heavy atom. The molecule has 10 heteroatoms. The molecule has 0 saturated carbocycles. The van der Waals surface area contributed by atoms with Crippen molar-refractivity contribution in [3.05, 3.63) is 23.8 Å². The predicted molar refractivity (Wildman–Crippen MR) is 101 cm³/mol. The summed E-state index contributed by atoms with van der Waals surface area (Å²) in [5, 5.41) is 9.34. The summed E-state index contributed by atoms with van der Waals surface area (Å²) in [6, 6.07) is 1.41. The number of carbonyl (C=O) groups excluding carboxylic acids is 2. The summed E-state index contributed by atoms with van der Waals surface area (Å²) < 4.78 is 39.7. The Morgan fingerprint density at radius 3 is 2.31 bits per heavy atom. The summed E-state index contributed by atoms with van der Waals surface area (Å²) in [5.74, 6) is -1.66. The highest BCUT2D eigenvalue weighted by molar-refractivity contribution is 5.90. The third-order valence-corrected chi connectivity index (χ3v) is 4.70. The molecule has 2 aliphatic heterocycles. The summed E-state index contributed by atoms with van der Waals surface area (Å²) in [5.41, 5.74) is -0.853. The number of benzene rings is 1. The van der Waals surface area contributed by atoms with Crippen LogP contribution in [0, 0.1) is 11.6 Å². The lowest BCUT2D eigenvalue weighted by Crippen LogP contribution is -2.50. The number of rotatable bonds is 3. The van der Waals surface area contributed by atoms with Crippen LogP contribution in [0.15, 0.2) is 12.1 Å². The number of amides is 2. The molecule has 1 aromatic rings. The average Bonchev–Trinajstić information content (AvgIpc) is 3.01. The first-order valence-electron chi connectivity index (χ1n) is 9.39. The van der Waals surface area contributed by atoms with Crippen LogP contribution in [0.3, 0.4) is 0 Å². The van der Waals surface area contributed by atoms with E-state index in [9.17, 15) is 23.5 Å². The highest BCUT2D eigenvalue weighted by Crippen LogP contribution is 2.32. The Morgan fingerprint density at radius 1 is 1.21 bits per heavy atom. The van der Waals surface area contributed by atoms with E-state index < -0.39 is 35.5 Å². The normalized spacial score (nSPS) is 20.1. The van der Waals surface area contributed by atoms with Gasteiger partial charge in [0.15, 0.2) is 11.6 Å². The quantitative estimate of drug-likeness (QED) is 0.819. The number of ether oxygens (including phenoxy) is 2. The fourth-order valence-electron chi connectivity index (χ4n) is 3.34. The lowest BCUT2D eigenvalue weighted by atomic mass is 10.1. The molecule has 3 rings (SSSR count). The Kier molecular flexibility index (Phi) is 5.83. The van der Waals surface area contributed by atoms with Crippen molar-refractivity contribution >= 4 is 23.6 Å². The van der Waals surface area contributed by atoms with Gasteiger partial charge in [0.25, 0.3) is 0 Å². The molecule has 1 atom stereocenters. The molecule has 2 aliphatic rings. The number of aliphatic hydroxyl groups excluding tert-OH is 1. The molecule has 160 valence electrons. The zero-order valence-electron chi connectivity index (χ0n) is 16.7. The van der Waals surface area contributed by atoms with E-state index in [4.69, 9.17) is 9.47 Å². The molecule has 2 saturated heterocycles. The van der Waals surface area contributed by atoms with Crippen LogP contribution in [0.25, 0.3) is 0 Å². The molecule has 0 aliphatic carbocycles. The van der Waals surface area contributed by atoms with E-state index in [0.29, 0.717) is 0 Å². The zero-order chi connectivity index (χ0) is 21.3. The minimum atomic E-state index is -0.831. The molecule has 0 aromatic heterocycles. The summed E-state index contributed by atoms with van der Waals surface area (Å²) in [7, 11) is 0. The second kappa shape index (κ2) is 8.02. The SMILES string of the molecule is CC(C)(C)OC(=O)N1CCN(c2c(F)cc(N3C(=O)OCC3CO)cc2F)CC1. The van der Waals surface area contributed by atoms with Gasteiger partial charge < -0.3 is 24.4 Å². The van der Waals surface area contributed by atoms with Crippen molar-refractivity contribution in [2.45, 2.75) is 32.4 Å². The van der Waals surface area contributed by atoms with Gasteiger partial charge in [-0.25, -0.2) is 18.4 Å². The minimum Gasteiger partial charge on any atom is -0.447 e. The molecule has 8 nitrogen and oxygen atoms in total. The van der Waals surface area contributed by atoms with Crippen molar-refractivity contribution in [1.82, 2.24) is 4.90 Å². The van der Waals surface area contributed by atoms with Gasteiger partial charge >= 0.3 is 12.2 Å². The third-order valence-electron chi connectivity index (χ3n) is 4.70. The van der Waals surface area contributed by atoms with Gasteiger partial charge in [0, 0.05) is 38.3 Å². The van der Waals surface area contributed by atoms with E-state index in [-0.39, 0.29) is 50.8 Å². The van der Waals surface area contributed by atoms with Crippen LogP contribution in [0.5, 0.6) is 0 Å². The Hall–Kier alpha value is -2.62. The number of nitrogens with zero attached hydrogens (tertiary/aromatic N) is 3. The Balaban J connectivity index is 1.73. The molecule has 29 heavy (non-hydrogen) atoms. The third kappa shape index (κ3) is 4.52. The van der Waals surface area contributed by atoms with E-state index in [1.165, 1.54) is 9.80 Å². The Labute approximate surface area is 167 Å². The number of halogens is 2. The molecular weight excluding hydrogens is 388 g/mol. The molecule has 0 radical (unpaired) electrons. The number of piperazine rings is 1. The molecule has 0 bridgehead atoms. The van der Waals surface area contributed by atoms with Crippen molar-refractivity contribution in [2.75, 3.05) is 49.2 Å². The monoisotopic (exact) mass is 413 g/mol. The lowest BCUT2D eigenvalue weighted by molar-refractivity contribution is 0.0240. The van der Waals surface area contributed by atoms with E-state index in [1.54, 1.807) is 20.8 Å². The zero-order valence-corrected chi connectivity index (χ0v) is 16.7. The second-order valence-corrected chi connectivity index (χ2v) is 8.00. The first-order valence-corrected chi connectivity index (χ1v) is 9.39. The fourth-order valence-corrected chi connectivity index (χ4v) is 3.34. The first-order chi connectivity index (χ1) is 13.6. The van der Waals surface area contributed by atoms with Crippen LogP contribution in [-0.2, 0) is 9.47 Å². The van der Waals surface area contributed by atoms with Crippen LogP contribution in [0.4, 0.5) is 29.7 Å². The minimum absolute atomic E-state index is 0.0160. The lowest BCUT2D eigenvalue weighted by Gasteiger charge is -2.37. The molecule has 2 heterocycles. The molecular formula is C19H25F2N3O5. The molecule has 1 aromatic carbocycles. The van der Waals surface area contributed by atoms with Gasteiger partial charge in [-0.05, 0) is 20.8 Å². The van der Waals surface area contributed by atoms with Crippen molar-refractivity contribution in [3.8, 4) is 0 Å². The maximum atomic E-state index is 14.8. The molecule has 1 N–H and O–H groups in total. The van der Waals surface area contributed by atoms with Crippen molar-refractivity contribution < 1.29 is 33.0 Å².